The number of amides is 2. The quantitative estimate of drug-likeness (QED) is 0.745. The van der Waals surface area contributed by atoms with E-state index in [-0.39, 0.29) is 23.9 Å². The van der Waals surface area contributed by atoms with Gasteiger partial charge in [-0.2, -0.15) is 0 Å². The zero-order valence-electron chi connectivity index (χ0n) is 11.5. The van der Waals surface area contributed by atoms with Crippen LogP contribution in [-0.2, 0) is 14.3 Å². The first kappa shape index (κ1) is 14.1. The van der Waals surface area contributed by atoms with E-state index in [2.05, 4.69) is 11.9 Å². The Bertz CT molecular complexity index is 371. The highest BCUT2D eigenvalue weighted by Gasteiger charge is 2.50. The molecule has 0 atom stereocenters. The van der Waals surface area contributed by atoms with E-state index in [1.807, 2.05) is 0 Å². The van der Waals surface area contributed by atoms with E-state index in [0.29, 0.717) is 5.92 Å². The van der Waals surface area contributed by atoms with Crippen LogP contribution in [0.4, 0.5) is 0 Å². The van der Waals surface area contributed by atoms with Crippen molar-refractivity contribution in [1.82, 2.24) is 10.2 Å². The lowest BCUT2D eigenvalue weighted by Crippen LogP contribution is -2.48. The zero-order chi connectivity index (χ0) is 13.9. The number of rotatable bonds is 5. The Morgan fingerprint density at radius 1 is 1.42 bits per heavy atom. The fraction of sp³-hybridized carbons (Fsp3) is 0.714. The molecule has 5 heteroatoms. The van der Waals surface area contributed by atoms with Crippen molar-refractivity contribution in [2.24, 2.45) is 5.92 Å². The second-order valence-corrected chi connectivity index (χ2v) is 5.49. The fourth-order valence-corrected chi connectivity index (χ4v) is 2.79. The smallest absolute Gasteiger partial charge is 0.246 e. The molecule has 106 valence electrons. The molecule has 0 radical (unpaired) electrons. The van der Waals surface area contributed by atoms with Gasteiger partial charge in [0, 0.05) is 25.8 Å². The standard InChI is InChI=1S/C14H22N2O3/c1-3-13(18)16(2)10-12(17)15-14(6-7-14)11-4-8-19-9-5-11/h3,11H,1,4-10H2,2H3,(H,15,17). The maximum atomic E-state index is 12.0. The Morgan fingerprint density at radius 2 is 2.05 bits per heavy atom. The molecule has 2 rings (SSSR count). The van der Waals surface area contributed by atoms with E-state index in [1.54, 1.807) is 7.05 Å². The molecular weight excluding hydrogens is 244 g/mol. The molecule has 0 aromatic carbocycles. The van der Waals surface area contributed by atoms with Crippen molar-refractivity contribution in [3.8, 4) is 0 Å². The minimum absolute atomic E-state index is 0.0288. The van der Waals surface area contributed by atoms with Gasteiger partial charge < -0.3 is 15.0 Å². The number of ether oxygens (including phenoxy) is 1. The summed E-state index contributed by atoms with van der Waals surface area (Å²) in [4.78, 5) is 24.7. The van der Waals surface area contributed by atoms with Gasteiger partial charge in [-0.1, -0.05) is 6.58 Å². The summed E-state index contributed by atoms with van der Waals surface area (Å²) in [6.45, 7) is 5.08. The van der Waals surface area contributed by atoms with Crippen molar-refractivity contribution in [1.29, 1.82) is 0 Å². The summed E-state index contributed by atoms with van der Waals surface area (Å²) in [5, 5.41) is 3.12. The highest BCUT2D eigenvalue weighted by atomic mass is 16.5. The maximum absolute atomic E-state index is 12.0. The molecule has 2 amide bonds. The van der Waals surface area contributed by atoms with Gasteiger partial charge in [-0.25, -0.2) is 0 Å². The SMILES string of the molecule is C=CC(=O)N(C)CC(=O)NC1(C2CCOCC2)CC1. The third-order valence-corrected chi connectivity index (χ3v) is 4.11. The predicted octanol–water partition coefficient (Wildman–Crippen LogP) is 0.706. The molecule has 1 heterocycles. The van der Waals surface area contributed by atoms with Crippen molar-refractivity contribution >= 4 is 11.8 Å². The van der Waals surface area contributed by atoms with Crippen LogP contribution in [0.15, 0.2) is 12.7 Å². The Morgan fingerprint density at radius 3 is 2.58 bits per heavy atom. The van der Waals surface area contributed by atoms with Gasteiger partial charge in [0.15, 0.2) is 0 Å². The van der Waals surface area contributed by atoms with Gasteiger partial charge in [0.25, 0.3) is 0 Å². The molecule has 1 N–H and O–H groups in total. The summed E-state index contributed by atoms with van der Waals surface area (Å²) in [6, 6.07) is 0. The topological polar surface area (TPSA) is 58.6 Å². The number of nitrogens with one attached hydrogen (secondary N) is 1. The lowest BCUT2D eigenvalue weighted by Gasteiger charge is -2.31. The molecule has 19 heavy (non-hydrogen) atoms. The molecule has 0 aromatic rings. The number of carbonyl (C=O) groups is 2. The lowest BCUT2D eigenvalue weighted by atomic mass is 9.89. The highest BCUT2D eigenvalue weighted by molar-refractivity contribution is 5.90. The largest absolute Gasteiger partial charge is 0.381 e. The minimum Gasteiger partial charge on any atom is -0.381 e. The van der Waals surface area contributed by atoms with E-state index in [0.717, 1.165) is 38.9 Å². The highest BCUT2D eigenvalue weighted by Crippen LogP contribution is 2.46. The minimum atomic E-state index is -0.230. The summed E-state index contributed by atoms with van der Waals surface area (Å²) in [7, 11) is 1.61. The molecule has 1 aliphatic carbocycles. The van der Waals surface area contributed by atoms with Gasteiger partial charge in [-0.3, -0.25) is 9.59 Å². The van der Waals surface area contributed by atoms with Crippen LogP contribution in [0.2, 0.25) is 0 Å². The van der Waals surface area contributed by atoms with Crippen LogP contribution in [-0.4, -0.2) is 49.1 Å². The van der Waals surface area contributed by atoms with Crippen molar-refractivity contribution < 1.29 is 14.3 Å². The first-order valence-electron chi connectivity index (χ1n) is 6.84. The molecule has 2 fully saturated rings. The normalized spacial score (nSPS) is 21.5. The second-order valence-electron chi connectivity index (χ2n) is 5.49. The molecule has 1 aliphatic heterocycles. The van der Waals surface area contributed by atoms with Crippen LogP contribution in [0, 0.1) is 5.92 Å². The van der Waals surface area contributed by atoms with E-state index >= 15 is 0 Å². The summed E-state index contributed by atoms with van der Waals surface area (Å²) in [5.41, 5.74) is -0.0288. The summed E-state index contributed by atoms with van der Waals surface area (Å²) in [5.74, 6) is 0.207. The van der Waals surface area contributed by atoms with E-state index in [1.165, 1.54) is 11.0 Å². The van der Waals surface area contributed by atoms with Gasteiger partial charge in [0.2, 0.25) is 11.8 Å². The number of hydrogen-bond donors (Lipinski definition) is 1. The van der Waals surface area contributed by atoms with Crippen LogP contribution >= 0.6 is 0 Å². The Balaban J connectivity index is 1.84. The summed E-state index contributed by atoms with van der Waals surface area (Å²) >= 11 is 0. The van der Waals surface area contributed by atoms with Crippen LogP contribution in [0.1, 0.15) is 25.7 Å². The lowest BCUT2D eigenvalue weighted by molar-refractivity contribution is -0.132. The van der Waals surface area contributed by atoms with Gasteiger partial charge in [0.05, 0.1) is 6.54 Å². The zero-order valence-corrected chi connectivity index (χ0v) is 11.5. The Hall–Kier alpha value is -1.36. The monoisotopic (exact) mass is 266 g/mol. The van der Waals surface area contributed by atoms with Crippen molar-refractivity contribution in [3.63, 3.8) is 0 Å². The number of carbonyl (C=O) groups excluding carboxylic acids is 2. The summed E-state index contributed by atoms with van der Waals surface area (Å²) in [6.07, 6.45) is 5.34. The first-order valence-corrected chi connectivity index (χ1v) is 6.84. The van der Waals surface area contributed by atoms with Crippen LogP contribution < -0.4 is 5.32 Å². The van der Waals surface area contributed by atoms with Crippen LogP contribution in [0.5, 0.6) is 0 Å². The molecule has 0 unspecified atom stereocenters. The third kappa shape index (κ3) is 3.35. The molecular formula is C14H22N2O3. The molecule has 0 bridgehead atoms. The molecule has 2 aliphatic rings. The van der Waals surface area contributed by atoms with E-state index in [4.69, 9.17) is 4.74 Å². The van der Waals surface area contributed by atoms with E-state index < -0.39 is 0 Å². The fourth-order valence-electron chi connectivity index (χ4n) is 2.79. The number of nitrogens with zero attached hydrogens (tertiary/aromatic N) is 1. The van der Waals surface area contributed by atoms with Gasteiger partial charge in [-0.05, 0) is 37.7 Å². The average Bonchev–Trinajstić information content (AvgIpc) is 3.19. The van der Waals surface area contributed by atoms with Gasteiger partial charge >= 0.3 is 0 Å². The molecule has 0 spiro atoms. The number of likely N-dealkylation sites (N-methyl/N-ethyl adjacent to an activating group) is 1. The van der Waals surface area contributed by atoms with Gasteiger partial charge in [-0.15, -0.1) is 0 Å². The first-order chi connectivity index (χ1) is 9.07. The predicted molar refractivity (Wildman–Crippen MR) is 71.5 cm³/mol. The third-order valence-electron chi connectivity index (χ3n) is 4.11. The maximum Gasteiger partial charge on any atom is 0.246 e. The van der Waals surface area contributed by atoms with Crippen molar-refractivity contribution in [3.05, 3.63) is 12.7 Å². The van der Waals surface area contributed by atoms with Crippen molar-refractivity contribution in [2.45, 2.75) is 31.2 Å². The molecule has 1 saturated carbocycles. The van der Waals surface area contributed by atoms with Gasteiger partial charge in [0.1, 0.15) is 0 Å². The Labute approximate surface area is 114 Å². The molecule has 1 saturated heterocycles. The second kappa shape index (κ2) is 5.74. The molecule has 5 nitrogen and oxygen atoms in total. The average molecular weight is 266 g/mol. The van der Waals surface area contributed by atoms with Crippen LogP contribution in [0.3, 0.4) is 0 Å². The van der Waals surface area contributed by atoms with Crippen molar-refractivity contribution in [2.75, 3.05) is 26.8 Å². The summed E-state index contributed by atoms with van der Waals surface area (Å²) < 4.78 is 5.36. The van der Waals surface area contributed by atoms with E-state index in [9.17, 15) is 9.59 Å². The van der Waals surface area contributed by atoms with Crippen LogP contribution in [0.25, 0.3) is 0 Å². The Kier molecular flexibility index (Phi) is 4.24. The molecule has 0 aromatic heterocycles. The number of hydrogen-bond acceptors (Lipinski definition) is 3.